The van der Waals surface area contributed by atoms with Crippen molar-refractivity contribution >= 4 is 40.7 Å². The average molecular weight is 511 g/mol. The third kappa shape index (κ3) is 7.47. The van der Waals surface area contributed by atoms with Crippen molar-refractivity contribution in [3.05, 3.63) is 58.6 Å². The molecular formula is C28H35ClN4O3. The molecule has 0 saturated heterocycles. The number of anilines is 2. The van der Waals surface area contributed by atoms with Crippen LogP contribution in [-0.2, 0) is 4.79 Å². The lowest BCUT2D eigenvalue weighted by Gasteiger charge is -2.23. The highest BCUT2D eigenvalue weighted by Gasteiger charge is 2.19. The van der Waals surface area contributed by atoms with E-state index < -0.39 is 0 Å². The van der Waals surface area contributed by atoms with Crippen LogP contribution in [0.5, 0.6) is 0 Å². The Morgan fingerprint density at radius 1 is 0.750 bits per heavy atom. The molecule has 192 valence electrons. The minimum Gasteiger partial charge on any atom is -0.376 e. The molecule has 0 aromatic heterocycles. The Morgan fingerprint density at radius 3 is 2.06 bits per heavy atom. The largest absolute Gasteiger partial charge is 0.376 e. The van der Waals surface area contributed by atoms with Crippen LogP contribution in [0.2, 0.25) is 5.02 Å². The molecule has 0 unspecified atom stereocenters. The van der Waals surface area contributed by atoms with Gasteiger partial charge in [-0.25, -0.2) is 0 Å². The lowest BCUT2D eigenvalue weighted by molar-refractivity contribution is -0.114. The molecule has 0 atom stereocenters. The number of hydrogen-bond acceptors (Lipinski definition) is 4. The Morgan fingerprint density at radius 2 is 1.39 bits per heavy atom. The van der Waals surface area contributed by atoms with Crippen molar-refractivity contribution in [2.75, 3.05) is 17.2 Å². The number of halogens is 1. The highest BCUT2D eigenvalue weighted by molar-refractivity contribution is 6.34. The fourth-order valence-corrected chi connectivity index (χ4v) is 5.16. The van der Waals surface area contributed by atoms with Gasteiger partial charge in [-0.2, -0.15) is 0 Å². The van der Waals surface area contributed by atoms with Gasteiger partial charge in [-0.3, -0.25) is 14.4 Å². The van der Waals surface area contributed by atoms with Crippen molar-refractivity contribution in [1.82, 2.24) is 10.6 Å². The Labute approximate surface area is 217 Å². The maximum atomic E-state index is 12.7. The summed E-state index contributed by atoms with van der Waals surface area (Å²) in [6.45, 7) is 0.0138. The lowest BCUT2D eigenvalue weighted by Crippen LogP contribution is -2.36. The van der Waals surface area contributed by atoms with Crippen LogP contribution in [0.25, 0.3) is 0 Å². The minimum absolute atomic E-state index is 0.0138. The average Bonchev–Trinajstić information content (AvgIpc) is 2.90. The highest BCUT2D eigenvalue weighted by atomic mass is 35.5. The highest BCUT2D eigenvalue weighted by Crippen LogP contribution is 2.23. The first-order valence-corrected chi connectivity index (χ1v) is 13.4. The molecule has 0 spiro atoms. The van der Waals surface area contributed by atoms with E-state index in [-0.39, 0.29) is 36.3 Å². The summed E-state index contributed by atoms with van der Waals surface area (Å²) in [6.07, 6.45) is 11.0. The summed E-state index contributed by atoms with van der Waals surface area (Å²) in [5, 5.41) is 12.4. The molecule has 7 nitrogen and oxygen atoms in total. The normalized spacial score (nSPS) is 16.7. The molecule has 2 aromatic carbocycles. The van der Waals surface area contributed by atoms with Crippen molar-refractivity contribution in [3.63, 3.8) is 0 Å². The smallest absolute Gasteiger partial charge is 0.253 e. The first-order chi connectivity index (χ1) is 17.5. The zero-order valence-corrected chi connectivity index (χ0v) is 21.3. The van der Waals surface area contributed by atoms with Gasteiger partial charge < -0.3 is 21.3 Å². The van der Waals surface area contributed by atoms with E-state index in [9.17, 15) is 14.4 Å². The van der Waals surface area contributed by atoms with Gasteiger partial charge in [0.2, 0.25) is 5.91 Å². The van der Waals surface area contributed by atoms with E-state index in [0.29, 0.717) is 27.5 Å². The molecule has 8 heteroatoms. The molecule has 2 aliphatic rings. The number of benzene rings is 2. The molecule has 2 aromatic rings. The van der Waals surface area contributed by atoms with E-state index in [2.05, 4.69) is 21.3 Å². The first-order valence-electron chi connectivity index (χ1n) is 13.0. The van der Waals surface area contributed by atoms with Gasteiger partial charge in [0.15, 0.2) is 0 Å². The molecule has 2 aliphatic carbocycles. The van der Waals surface area contributed by atoms with E-state index in [0.717, 1.165) is 51.4 Å². The monoisotopic (exact) mass is 510 g/mol. The number of amides is 3. The fraction of sp³-hybridized carbons (Fsp3) is 0.464. The van der Waals surface area contributed by atoms with Crippen LogP contribution in [0.4, 0.5) is 11.4 Å². The van der Waals surface area contributed by atoms with Gasteiger partial charge in [0.25, 0.3) is 11.8 Å². The minimum atomic E-state index is -0.270. The summed E-state index contributed by atoms with van der Waals surface area (Å²) in [7, 11) is 0. The quantitative estimate of drug-likeness (QED) is 0.376. The molecule has 0 heterocycles. The van der Waals surface area contributed by atoms with E-state index in [1.807, 2.05) is 6.07 Å². The SMILES string of the molecule is O=C(CNc1cccc(C(=O)NC2CCCCC2)c1)Nc1ccc(Cl)c(C(=O)NC2CCCCC2)c1. The standard InChI is InChI=1S/C28H35ClN4O3/c29-25-15-14-23(17-24(25)28(36)33-21-11-5-2-6-12-21)31-26(34)18-30-22-13-7-8-19(16-22)27(35)32-20-9-3-1-4-10-20/h7-8,13-17,20-21,30H,1-6,9-12,18H2,(H,31,34)(H,32,35)(H,33,36). The van der Waals surface area contributed by atoms with Gasteiger partial charge in [0.1, 0.15) is 0 Å². The molecule has 2 fully saturated rings. The number of rotatable bonds is 8. The number of nitrogens with one attached hydrogen (secondary N) is 4. The van der Waals surface area contributed by atoms with Gasteiger partial charge >= 0.3 is 0 Å². The predicted octanol–water partition coefficient (Wildman–Crippen LogP) is 5.52. The molecule has 4 N–H and O–H groups in total. The second-order valence-corrected chi connectivity index (χ2v) is 10.2. The Hall–Kier alpha value is -3.06. The fourth-order valence-electron chi connectivity index (χ4n) is 4.96. The van der Waals surface area contributed by atoms with Crippen LogP contribution in [-0.4, -0.2) is 36.3 Å². The zero-order valence-electron chi connectivity index (χ0n) is 20.6. The Balaban J connectivity index is 1.29. The number of carbonyl (C=O) groups is 3. The van der Waals surface area contributed by atoms with Crippen molar-refractivity contribution in [3.8, 4) is 0 Å². The molecule has 2 saturated carbocycles. The summed E-state index contributed by atoms with van der Waals surface area (Å²) in [5.41, 5.74) is 2.10. The maximum absolute atomic E-state index is 12.7. The van der Waals surface area contributed by atoms with Gasteiger partial charge in [0, 0.05) is 29.0 Å². The number of hydrogen-bond donors (Lipinski definition) is 4. The Kier molecular flexibility index (Phi) is 9.23. The van der Waals surface area contributed by atoms with E-state index in [1.54, 1.807) is 36.4 Å². The maximum Gasteiger partial charge on any atom is 0.253 e. The van der Waals surface area contributed by atoms with Gasteiger partial charge in [-0.05, 0) is 62.1 Å². The van der Waals surface area contributed by atoms with E-state index in [1.165, 1.54) is 12.8 Å². The molecule has 0 aliphatic heterocycles. The summed E-state index contributed by atoms with van der Waals surface area (Å²) in [6, 6.07) is 12.5. The van der Waals surface area contributed by atoms with Crippen LogP contribution in [0.1, 0.15) is 84.9 Å². The Bertz CT molecular complexity index is 1080. The van der Waals surface area contributed by atoms with Crippen molar-refractivity contribution in [2.24, 2.45) is 0 Å². The van der Waals surface area contributed by atoms with Crippen LogP contribution in [0.3, 0.4) is 0 Å². The van der Waals surface area contributed by atoms with Gasteiger partial charge in [0.05, 0.1) is 17.1 Å². The van der Waals surface area contributed by atoms with Crippen molar-refractivity contribution in [1.29, 1.82) is 0 Å². The van der Waals surface area contributed by atoms with Crippen LogP contribution in [0.15, 0.2) is 42.5 Å². The second-order valence-electron chi connectivity index (χ2n) is 9.79. The van der Waals surface area contributed by atoms with Gasteiger partial charge in [-0.1, -0.05) is 56.2 Å². The zero-order chi connectivity index (χ0) is 25.3. The molecule has 4 rings (SSSR count). The van der Waals surface area contributed by atoms with Gasteiger partial charge in [-0.15, -0.1) is 0 Å². The topological polar surface area (TPSA) is 99.3 Å². The first kappa shape index (κ1) is 26.0. The number of carbonyl (C=O) groups excluding carboxylic acids is 3. The van der Waals surface area contributed by atoms with Crippen molar-refractivity contribution in [2.45, 2.75) is 76.3 Å². The second kappa shape index (κ2) is 12.8. The van der Waals surface area contributed by atoms with Crippen molar-refractivity contribution < 1.29 is 14.4 Å². The molecule has 0 radical (unpaired) electrons. The van der Waals surface area contributed by atoms with Crippen LogP contribution in [0, 0.1) is 0 Å². The molecule has 36 heavy (non-hydrogen) atoms. The summed E-state index contributed by atoms with van der Waals surface area (Å²) in [5.74, 6) is -0.576. The van der Waals surface area contributed by atoms with E-state index in [4.69, 9.17) is 11.6 Å². The molecular weight excluding hydrogens is 476 g/mol. The third-order valence-electron chi connectivity index (χ3n) is 6.95. The summed E-state index contributed by atoms with van der Waals surface area (Å²) < 4.78 is 0. The molecule has 3 amide bonds. The lowest BCUT2D eigenvalue weighted by atomic mass is 9.95. The third-order valence-corrected chi connectivity index (χ3v) is 7.28. The van der Waals surface area contributed by atoms with Crippen LogP contribution < -0.4 is 21.3 Å². The molecule has 0 bridgehead atoms. The van der Waals surface area contributed by atoms with Crippen LogP contribution >= 0.6 is 11.6 Å². The van der Waals surface area contributed by atoms with E-state index >= 15 is 0 Å². The summed E-state index contributed by atoms with van der Waals surface area (Å²) in [4.78, 5) is 37.9. The predicted molar refractivity (Wildman–Crippen MR) is 144 cm³/mol. The summed E-state index contributed by atoms with van der Waals surface area (Å²) >= 11 is 6.27.